The normalized spacial score (nSPS) is 11.3. The lowest BCUT2D eigenvalue weighted by Gasteiger charge is -2.23. The third-order valence-corrected chi connectivity index (χ3v) is 6.12. The molecule has 0 fully saturated rings. The molecule has 3 aromatic rings. The predicted molar refractivity (Wildman–Crippen MR) is 147 cm³/mol. The van der Waals surface area contributed by atoms with Gasteiger partial charge in [0, 0.05) is 23.7 Å². The van der Waals surface area contributed by atoms with Gasteiger partial charge in [0.15, 0.2) is 0 Å². The number of benzene rings is 2. The molecule has 0 saturated heterocycles. The van der Waals surface area contributed by atoms with Gasteiger partial charge in [0.05, 0.1) is 11.4 Å². The molecule has 0 aliphatic rings. The van der Waals surface area contributed by atoms with Crippen molar-refractivity contribution in [2.24, 2.45) is 0 Å². The molecule has 0 saturated carbocycles. The van der Waals surface area contributed by atoms with Crippen molar-refractivity contribution in [3.8, 4) is 5.69 Å². The Balaban J connectivity index is 1.84. The maximum atomic E-state index is 13.2. The highest BCUT2D eigenvalue weighted by Crippen LogP contribution is 2.28. The summed E-state index contributed by atoms with van der Waals surface area (Å²) in [4.78, 5) is 27.9. The minimum atomic E-state index is -0.286. The molecule has 3 amide bonds. The summed E-state index contributed by atoms with van der Waals surface area (Å²) in [6.45, 7) is 14.8. The minimum absolute atomic E-state index is 0.0549. The molecule has 3 rings (SSSR count). The van der Waals surface area contributed by atoms with Gasteiger partial charge in [-0.25, -0.2) is 9.48 Å². The second-order valence-corrected chi connectivity index (χ2v) is 10.4. The van der Waals surface area contributed by atoms with Crippen LogP contribution in [0.1, 0.15) is 62.9 Å². The predicted octanol–water partition coefficient (Wildman–Crippen LogP) is 6.37. The number of carbonyl (C=O) groups is 2. The van der Waals surface area contributed by atoms with Crippen LogP contribution < -0.4 is 10.6 Å². The standard InChI is InChI=1S/C29H39N5O2/c1-8-9-16-33(28(36)30-23-13-11-10-12-21(23)3)19-27(35)31-26-18-25(29(5,6)7)32-34(26)24-15-14-20(2)17-22(24)4/h10-15,17-18H,8-9,16,19H2,1-7H3,(H,30,36)(H,31,35). The molecular formula is C29H39N5O2. The molecule has 0 atom stereocenters. The quantitative estimate of drug-likeness (QED) is 0.386. The molecule has 0 bridgehead atoms. The summed E-state index contributed by atoms with van der Waals surface area (Å²) in [6, 6.07) is 15.4. The van der Waals surface area contributed by atoms with Crippen LogP contribution >= 0.6 is 0 Å². The molecule has 2 N–H and O–H groups in total. The van der Waals surface area contributed by atoms with Gasteiger partial charge in [0.2, 0.25) is 5.91 Å². The largest absolute Gasteiger partial charge is 0.322 e. The van der Waals surface area contributed by atoms with Crippen LogP contribution in [0.5, 0.6) is 0 Å². The first kappa shape index (κ1) is 27.0. The number of carbonyl (C=O) groups excluding carboxylic acids is 2. The first-order chi connectivity index (χ1) is 17.0. The van der Waals surface area contributed by atoms with Crippen molar-refractivity contribution in [1.29, 1.82) is 0 Å². The van der Waals surface area contributed by atoms with E-state index in [0.29, 0.717) is 12.4 Å². The molecule has 192 valence electrons. The van der Waals surface area contributed by atoms with Crippen LogP contribution in [0, 0.1) is 20.8 Å². The first-order valence-electron chi connectivity index (χ1n) is 12.6. The molecule has 0 aliphatic carbocycles. The van der Waals surface area contributed by atoms with E-state index in [4.69, 9.17) is 5.10 Å². The van der Waals surface area contributed by atoms with Crippen molar-refractivity contribution in [2.75, 3.05) is 23.7 Å². The maximum Gasteiger partial charge on any atom is 0.322 e. The van der Waals surface area contributed by atoms with Crippen LogP contribution in [0.2, 0.25) is 0 Å². The van der Waals surface area contributed by atoms with Gasteiger partial charge in [-0.2, -0.15) is 5.10 Å². The maximum absolute atomic E-state index is 13.2. The topological polar surface area (TPSA) is 79.3 Å². The van der Waals surface area contributed by atoms with Gasteiger partial charge in [0.25, 0.3) is 0 Å². The van der Waals surface area contributed by atoms with Crippen molar-refractivity contribution in [2.45, 2.75) is 66.7 Å². The van der Waals surface area contributed by atoms with Crippen molar-refractivity contribution in [3.05, 3.63) is 70.9 Å². The van der Waals surface area contributed by atoms with Crippen molar-refractivity contribution in [1.82, 2.24) is 14.7 Å². The summed E-state index contributed by atoms with van der Waals surface area (Å²) >= 11 is 0. The van der Waals surface area contributed by atoms with Gasteiger partial charge >= 0.3 is 6.03 Å². The Labute approximate surface area is 214 Å². The highest BCUT2D eigenvalue weighted by Gasteiger charge is 2.23. The van der Waals surface area contributed by atoms with E-state index in [1.54, 1.807) is 9.58 Å². The van der Waals surface area contributed by atoms with Crippen LogP contribution in [-0.4, -0.2) is 39.7 Å². The first-order valence-corrected chi connectivity index (χ1v) is 12.6. The number of unbranched alkanes of at least 4 members (excludes halogenated alkanes) is 1. The monoisotopic (exact) mass is 489 g/mol. The summed E-state index contributed by atoms with van der Waals surface area (Å²) < 4.78 is 1.79. The van der Waals surface area contributed by atoms with Crippen molar-refractivity contribution < 1.29 is 9.59 Å². The summed E-state index contributed by atoms with van der Waals surface area (Å²) in [5.41, 5.74) is 5.53. The molecule has 36 heavy (non-hydrogen) atoms. The van der Waals surface area contributed by atoms with E-state index in [1.165, 1.54) is 0 Å². The molecule has 7 heteroatoms. The number of aryl methyl sites for hydroxylation is 3. The Hall–Kier alpha value is -3.61. The third kappa shape index (κ3) is 6.74. The van der Waals surface area contributed by atoms with E-state index in [9.17, 15) is 9.59 Å². The van der Waals surface area contributed by atoms with Gasteiger partial charge in [-0.1, -0.05) is 70.0 Å². The fourth-order valence-electron chi connectivity index (χ4n) is 3.93. The van der Waals surface area contributed by atoms with Crippen LogP contribution in [0.25, 0.3) is 5.69 Å². The highest BCUT2D eigenvalue weighted by atomic mass is 16.2. The fraction of sp³-hybridized carbons (Fsp3) is 0.414. The van der Waals surface area contributed by atoms with E-state index < -0.39 is 0 Å². The van der Waals surface area contributed by atoms with Crippen LogP contribution in [0.3, 0.4) is 0 Å². The molecule has 7 nitrogen and oxygen atoms in total. The van der Waals surface area contributed by atoms with Crippen LogP contribution in [0.4, 0.5) is 16.3 Å². The summed E-state index contributed by atoms with van der Waals surface area (Å²) in [5, 5.41) is 10.8. The molecule has 1 aromatic heterocycles. The number of rotatable bonds is 8. The second kappa shape index (κ2) is 11.4. The Bertz CT molecular complexity index is 1220. The molecular weight excluding hydrogens is 450 g/mol. The fourth-order valence-corrected chi connectivity index (χ4v) is 3.93. The number of hydrogen-bond acceptors (Lipinski definition) is 3. The Morgan fingerprint density at radius 3 is 2.33 bits per heavy atom. The lowest BCUT2D eigenvalue weighted by Crippen LogP contribution is -2.41. The summed E-state index contributed by atoms with van der Waals surface area (Å²) in [7, 11) is 0. The second-order valence-electron chi connectivity index (χ2n) is 10.4. The van der Waals surface area contributed by atoms with Gasteiger partial charge in [-0.3, -0.25) is 4.79 Å². The average Bonchev–Trinajstić information content (AvgIpc) is 3.22. The number of nitrogens with one attached hydrogen (secondary N) is 2. The molecule has 1 heterocycles. The number of hydrogen-bond donors (Lipinski definition) is 2. The van der Waals surface area contributed by atoms with Gasteiger partial charge < -0.3 is 15.5 Å². The van der Waals surface area contributed by atoms with Crippen LogP contribution in [0.15, 0.2) is 48.5 Å². The lowest BCUT2D eigenvalue weighted by atomic mass is 9.92. The molecule has 0 unspecified atom stereocenters. The summed E-state index contributed by atoms with van der Waals surface area (Å²) in [6.07, 6.45) is 1.73. The van der Waals surface area contributed by atoms with E-state index >= 15 is 0 Å². The molecule has 0 spiro atoms. The number of urea groups is 1. The molecule has 0 aliphatic heterocycles. The van der Waals surface area contributed by atoms with E-state index in [0.717, 1.165) is 46.6 Å². The Kier molecular flexibility index (Phi) is 8.56. The molecule has 2 aromatic carbocycles. The highest BCUT2D eigenvalue weighted by molar-refractivity contribution is 5.97. The minimum Gasteiger partial charge on any atom is -0.315 e. The number of amides is 3. The van der Waals surface area contributed by atoms with E-state index in [1.807, 2.05) is 56.3 Å². The van der Waals surface area contributed by atoms with E-state index in [-0.39, 0.29) is 23.9 Å². The Morgan fingerprint density at radius 1 is 0.972 bits per heavy atom. The van der Waals surface area contributed by atoms with E-state index in [2.05, 4.69) is 51.3 Å². The summed E-state index contributed by atoms with van der Waals surface area (Å²) in [5.74, 6) is 0.323. The lowest BCUT2D eigenvalue weighted by molar-refractivity contribution is -0.116. The van der Waals surface area contributed by atoms with Crippen molar-refractivity contribution >= 4 is 23.4 Å². The SMILES string of the molecule is CCCCN(CC(=O)Nc1cc(C(C)(C)C)nn1-c1ccc(C)cc1C)C(=O)Nc1ccccc1C. The van der Waals surface area contributed by atoms with Gasteiger partial charge in [0.1, 0.15) is 12.4 Å². The average molecular weight is 490 g/mol. The van der Waals surface area contributed by atoms with Gasteiger partial charge in [-0.05, 0) is 50.5 Å². The van der Waals surface area contributed by atoms with Crippen LogP contribution in [-0.2, 0) is 10.2 Å². The number of para-hydroxylation sites is 1. The smallest absolute Gasteiger partial charge is 0.315 e. The van der Waals surface area contributed by atoms with Gasteiger partial charge in [-0.15, -0.1) is 0 Å². The number of aromatic nitrogens is 2. The zero-order valence-corrected chi connectivity index (χ0v) is 22.6. The third-order valence-electron chi connectivity index (χ3n) is 6.12. The number of anilines is 2. The van der Waals surface area contributed by atoms with Crippen molar-refractivity contribution in [3.63, 3.8) is 0 Å². The molecule has 0 radical (unpaired) electrons. The number of nitrogens with zero attached hydrogens (tertiary/aromatic N) is 3. The zero-order valence-electron chi connectivity index (χ0n) is 22.6. The zero-order chi connectivity index (χ0) is 26.5. The Morgan fingerprint density at radius 2 is 1.69 bits per heavy atom.